The highest BCUT2D eigenvalue weighted by Crippen LogP contribution is 2.20. The van der Waals surface area contributed by atoms with Crippen molar-refractivity contribution >= 4 is 15.8 Å². The van der Waals surface area contributed by atoms with Crippen LogP contribution in [0.25, 0.3) is 0 Å². The van der Waals surface area contributed by atoms with Crippen LogP contribution in [0.15, 0.2) is 29.3 Å². The minimum atomic E-state index is -2.92. The molecule has 8 heteroatoms. The molecule has 1 fully saturated rings. The SMILES string of the molecule is CCNC(=NCC(C)Oc1cccc(OC)c1)NC1CCS(=O)(=O)C1. The predicted molar refractivity (Wildman–Crippen MR) is 99.3 cm³/mol. The van der Waals surface area contributed by atoms with Gasteiger partial charge in [-0.15, -0.1) is 0 Å². The van der Waals surface area contributed by atoms with Crippen LogP contribution in [0.5, 0.6) is 11.5 Å². The summed E-state index contributed by atoms with van der Waals surface area (Å²) in [5.74, 6) is 2.48. The number of hydrogen-bond donors (Lipinski definition) is 2. The van der Waals surface area contributed by atoms with Gasteiger partial charge in [-0.3, -0.25) is 0 Å². The molecular weight excluding hydrogens is 342 g/mol. The van der Waals surface area contributed by atoms with Crippen LogP contribution in [0.4, 0.5) is 0 Å². The van der Waals surface area contributed by atoms with Gasteiger partial charge in [0.05, 0.1) is 25.2 Å². The third-order valence-electron chi connectivity index (χ3n) is 3.80. The van der Waals surface area contributed by atoms with E-state index in [-0.39, 0.29) is 23.7 Å². The Morgan fingerprint density at radius 1 is 1.40 bits per heavy atom. The predicted octanol–water partition coefficient (Wildman–Crippen LogP) is 1.20. The van der Waals surface area contributed by atoms with E-state index in [9.17, 15) is 8.42 Å². The van der Waals surface area contributed by atoms with Gasteiger partial charge in [-0.25, -0.2) is 13.4 Å². The van der Waals surface area contributed by atoms with E-state index in [1.54, 1.807) is 7.11 Å². The van der Waals surface area contributed by atoms with E-state index >= 15 is 0 Å². The zero-order valence-corrected chi connectivity index (χ0v) is 15.8. The Morgan fingerprint density at radius 2 is 2.16 bits per heavy atom. The molecule has 2 N–H and O–H groups in total. The van der Waals surface area contributed by atoms with Crippen LogP contribution in [0.2, 0.25) is 0 Å². The molecular formula is C17H27N3O4S. The van der Waals surface area contributed by atoms with Gasteiger partial charge in [0, 0.05) is 18.7 Å². The number of ether oxygens (including phenoxy) is 2. The molecule has 0 radical (unpaired) electrons. The van der Waals surface area contributed by atoms with Crippen molar-refractivity contribution in [3.63, 3.8) is 0 Å². The Balaban J connectivity index is 1.90. The zero-order valence-electron chi connectivity index (χ0n) is 15.0. The topological polar surface area (TPSA) is 89.0 Å². The summed E-state index contributed by atoms with van der Waals surface area (Å²) in [6.45, 7) is 5.06. The lowest BCUT2D eigenvalue weighted by molar-refractivity contribution is 0.229. The molecule has 0 aliphatic carbocycles. The summed E-state index contributed by atoms with van der Waals surface area (Å²) in [6, 6.07) is 7.34. The van der Waals surface area contributed by atoms with Gasteiger partial charge in [0.2, 0.25) is 0 Å². The summed E-state index contributed by atoms with van der Waals surface area (Å²) in [4.78, 5) is 4.51. The summed E-state index contributed by atoms with van der Waals surface area (Å²) in [7, 11) is -1.30. The molecule has 25 heavy (non-hydrogen) atoms. The number of aliphatic imine (C=N–C) groups is 1. The third-order valence-corrected chi connectivity index (χ3v) is 5.57. The summed E-state index contributed by atoms with van der Waals surface area (Å²) < 4.78 is 34.2. The second-order valence-corrected chi connectivity index (χ2v) is 8.30. The minimum absolute atomic E-state index is 0.0857. The van der Waals surface area contributed by atoms with Crippen LogP contribution in [0, 0.1) is 0 Å². The summed E-state index contributed by atoms with van der Waals surface area (Å²) in [5.41, 5.74) is 0. The number of benzene rings is 1. The van der Waals surface area contributed by atoms with Crippen LogP contribution in [0.1, 0.15) is 20.3 Å². The average molecular weight is 369 g/mol. The molecule has 0 aromatic heterocycles. The van der Waals surface area contributed by atoms with Gasteiger partial charge < -0.3 is 20.1 Å². The van der Waals surface area contributed by atoms with E-state index < -0.39 is 9.84 Å². The quantitative estimate of drug-likeness (QED) is 0.555. The van der Waals surface area contributed by atoms with Crippen molar-refractivity contribution < 1.29 is 17.9 Å². The number of sulfone groups is 1. The fraction of sp³-hybridized carbons (Fsp3) is 0.588. The average Bonchev–Trinajstić information content (AvgIpc) is 2.91. The van der Waals surface area contributed by atoms with Gasteiger partial charge in [0.25, 0.3) is 0 Å². The van der Waals surface area contributed by atoms with Crippen LogP contribution >= 0.6 is 0 Å². The van der Waals surface area contributed by atoms with Crippen LogP contribution < -0.4 is 20.1 Å². The molecule has 2 rings (SSSR count). The normalized spacial score (nSPS) is 20.8. The monoisotopic (exact) mass is 369 g/mol. The molecule has 0 spiro atoms. The molecule has 0 amide bonds. The van der Waals surface area contributed by atoms with Crippen molar-refractivity contribution in [3.05, 3.63) is 24.3 Å². The van der Waals surface area contributed by atoms with Gasteiger partial charge in [0.15, 0.2) is 15.8 Å². The molecule has 1 aromatic carbocycles. The van der Waals surface area contributed by atoms with Gasteiger partial charge in [-0.1, -0.05) is 6.07 Å². The highest BCUT2D eigenvalue weighted by atomic mass is 32.2. The number of hydrogen-bond acceptors (Lipinski definition) is 5. The lowest BCUT2D eigenvalue weighted by Gasteiger charge is -2.18. The summed E-state index contributed by atoms with van der Waals surface area (Å²) >= 11 is 0. The standard InChI is InChI=1S/C17H27N3O4S/c1-4-18-17(20-14-8-9-25(21,22)12-14)19-11-13(2)24-16-7-5-6-15(10-16)23-3/h5-7,10,13-14H,4,8-9,11-12H2,1-3H3,(H2,18,19,20). The van der Waals surface area contributed by atoms with Crippen molar-refractivity contribution in [2.45, 2.75) is 32.4 Å². The fourth-order valence-corrected chi connectivity index (χ4v) is 4.26. The van der Waals surface area contributed by atoms with Crippen molar-refractivity contribution in [2.24, 2.45) is 4.99 Å². The summed E-state index contributed by atoms with van der Waals surface area (Å²) in [6.07, 6.45) is 0.484. The first-order chi connectivity index (χ1) is 11.9. The maximum Gasteiger partial charge on any atom is 0.191 e. The lowest BCUT2D eigenvalue weighted by atomic mass is 10.3. The Kier molecular flexibility index (Phi) is 6.92. The maximum atomic E-state index is 11.6. The number of guanidine groups is 1. The number of nitrogens with one attached hydrogen (secondary N) is 2. The number of methoxy groups -OCH3 is 1. The van der Waals surface area contributed by atoms with Gasteiger partial charge in [-0.05, 0) is 32.4 Å². The third kappa shape index (κ3) is 6.45. The highest BCUT2D eigenvalue weighted by molar-refractivity contribution is 7.91. The second kappa shape index (κ2) is 8.94. The molecule has 1 heterocycles. The molecule has 1 aliphatic heterocycles. The van der Waals surface area contributed by atoms with Crippen molar-refractivity contribution in [1.29, 1.82) is 0 Å². The first-order valence-electron chi connectivity index (χ1n) is 8.48. The van der Waals surface area contributed by atoms with Crippen LogP contribution in [-0.2, 0) is 9.84 Å². The van der Waals surface area contributed by atoms with E-state index in [0.717, 1.165) is 11.5 Å². The van der Waals surface area contributed by atoms with Crippen molar-refractivity contribution in [3.8, 4) is 11.5 Å². The van der Waals surface area contributed by atoms with E-state index in [1.807, 2.05) is 38.1 Å². The Bertz CT molecular complexity index is 691. The molecule has 140 valence electrons. The molecule has 0 bridgehead atoms. The molecule has 1 saturated heterocycles. The Morgan fingerprint density at radius 3 is 2.80 bits per heavy atom. The minimum Gasteiger partial charge on any atom is -0.497 e. The fourth-order valence-electron chi connectivity index (χ4n) is 2.59. The van der Waals surface area contributed by atoms with Gasteiger partial charge in [0.1, 0.15) is 17.6 Å². The van der Waals surface area contributed by atoms with Crippen LogP contribution in [0.3, 0.4) is 0 Å². The zero-order chi connectivity index (χ0) is 18.3. The Hall–Kier alpha value is -1.96. The smallest absolute Gasteiger partial charge is 0.191 e. The molecule has 1 aliphatic rings. The van der Waals surface area contributed by atoms with E-state index in [2.05, 4.69) is 15.6 Å². The van der Waals surface area contributed by atoms with E-state index in [0.29, 0.717) is 25.5 Å². The molecule has 0 saturated carbocycles. The molecule has 2 atom stereocenters. The molecule has 7 nitrogen and oxygen atoms in total. The largest absolute Gasteiger partial charge is 0.497 e. The number of nitrogens with zero attached hydrogens (tertiary/aromatic N) is 1. The van der Waals surface area contributed by atoms with Crippen molar-refractivity contribution in [1.82, 2.24) is 10.6 Å². The van der Waals surface area contributed by atoms with Crippen molar-refractivity contribution in [2.75, 3.05) is 31.7 Å². The van der Waals surface area contributed by atoms with E-state index in [4.69, 9.17) is 9.47 Å². The summed E-state index contributed by atoms with van der Waals surface area (Å²) in [5, 5.41) is 6.34. The first kappa shape index (κ1) is 19.4. The second-order valence-electron chi connectivity index (χ2n) is 6.07. The lowest BCUT2D eigenvalue weighted by Crippen LogP contribution is -2.44. The highest BCUT2D eigenvalue weighted by Gasteiger charge is 2.28. The van der Waals surface area contributed by atoms with Gasteiger partial charge in [-0.2, -0.15) is 0 Å². The molecule has 2 unspecified atom stereocenters. The number of rotatable bonds is 7. The Labute approximate surface area is 149 Å². The van der Waals surface area contributed by atoms with Crippen LogP contribution in [-0.4, -0.2) is 58.2 Å². The maximum absolute atomic E-state index is 11.6. The molecule has 1 aromatic rings. The first-order valence-corrected chi connectivity index (χ1v) is 10.3. The van der Waals surface area contributed by atoms with E-state index in [1.165, 1.54) is 0 Å². The van der Waals surface area contributed by atoms with Gasteiger partial charge >= 0.3 is 0 Å².